The zero-order chi connectivity index (χ0) is 13.3. The molecule has 2 aliphatic rings. The predicted octanol–water partition coefficient (Wildman–Crippen LogP) is 0.979. The highest BCUT2D eigenvalue weighted by Gasteiger charge is 2.37. The first-order valence-electron chi connectivity index (χ1n) is 7.21. The molecule has 2 rings (SSSR count). The Morgan fingerprint density at radius 1 is 1.17 bits per heavy atom. The van der Waals surface area contributed by atoms with E-state index in [1.54, 1.807) is 0 Å². The van der Waals surface area contributed by atoms with Gasteiger partial charge < -0.3 is 15.7 Å². The summed E-state index contributed by atoms with van der Waals surface area (Å²) in [6.07, 6.45) is 3.08. The minimum atomic E-state index is -0.222. The third-order valence-electron chi connectivity index (χ3n) is 4.78. The van der Waals surface area contributed by atoms with Crippen molar-refractivity contribution >= 4 is 5.91 Å². The van der Waals surface area contributed by atoms with Crippen molar-refractivity contribution in [2.24, 2.45) is 23.5 Å². The molecule has 0 bridgehead atoms. The number of aliphatic hydroxyl groups is 1. The van der Waals surface area contributed by atoms with Crippen LogP contribution in [0.25, 0.3) is 0 Å². The van der Waals surface area contributed by atoms with E-state index in [-0.39, 0.29) is 24.0 Å². The van der Waals surface area contributed by atoms with Crippen LogP contribution in [-0.2, 0) is 4.79 Å². The molecule has 4 unspecified atom stereocenters. The average Bonchev–Trinajstić information content (AvgIpc) is 2.34. The first kappa shape index (κ1) is 13.8. The van der Waals surface area contributed by atoms with Crippen LogP contribution >= 0.6 is 0 Å². The Balaban J connectivity index is 1.96. The van der Waals surface area contributed by atoms with Crippen LogP contribution < -0.4 is 5.73 Å². The van der Waals surface area contributed by atoms with Crippen LogP contribution in [0.15, 0.2) is 0 Å². The van der Waals surface area contributed by atoms with Gasteiger partial charge in [0.2, 0.25) is 5.91 Å². The van der Waals surface area contributed by atoms with Crippen LogP contribution in [0.5, 0.6) is 0 Å². The molecular weight excluding hydrogens is 228 g/mol. The van der Waals surface area contributed by atoms with Crippen LogP contribution in [0.2, 0.25) is 0 Å². The number of hydrogen-bond donors (Lipinski definition) is 2. The lowest BCUT2D eigenvalue weighted by atomic mass is 9.72. The van der Waals surface area contributed by atoms with E-state index in [4.69, 9.17) is 5.73 Å². The summed E-state index contributed by atoms with van der Waals surface area (Å²) in [5.74, 6) is 1.30. The Morgan fingerprint density at radius 2 is 1.78 bits per heavy atom. The summed E-state index contributed by atoms with van der Waals surface area (Å²) >= 11 is 0. The third kappa shape index (κ3) is 2.86. The van der Waals surface area contributed by atoms with Gasteiger partial charge in [-0.15, -0.1) is 0 Å². The molecule has 1 heterocycles. The van der Waals surface area contributed by atoms with Gasteiger partial charge in [0, 0.05) is 25.0 Å². The molecule has 3 N–H and O–H groups in total. The van der Waals surface area contributed by atoms with Gasteiger partial charge in [-0.05, 0) is 37.5 Å². The molecule has 4 atom stereocenters. The largest absolute Gasteiger partial charge is 0.393 e. The Kier molecular flexibility index (Phi) is 4.28. The molecule has 2 fully saturated rings. The number of nitrogens with two attached hydrogens (primary N) is 1. The number of piperidine rings is 1. The second kappa shape index (κ2) is 5.57. The van der Waals surface area contributed by atoms with Gasteiger partial charge >= 0.3 is 0 Å². The minimum absolute atomic E-state index is 0.0893. The molecule has 0 aromatic carbocycles. The van der Waals surface area contributed by atoms with E-state index in [1.165, 1.54) is 0 Å². The summed E-state index contributed by atoms with van der Waals surface area (Å²) < 4.78 is 0. The summed E-state index contributed by atoms with van der Waals surface area (Å²) in [6.45, 7) is 5.75. The quantitative estimate of drug-likeness (QED) is 0.733. The van der Waals surface area contributed by atoms with Crippen molar-refractivity contribution in [2.45, 2.75) is 51.7 Å². The highest BCUT2D eigenvalue weighted by atomic mass is 16.3. The first-order chi connectivity index (χ1) is 8.49. The van der Waals surface area contributed by atoms with Gasteiger partial charge in [0.25, 0.3) is 0 Å². The van der Waals surface area contributed by atoms with Crippen molar-refractivity contribution in [2.75, 3.05) is 13.1 Å². The van der Waals surface area contributed by atoms with Gasteiger partial charge in [-0.25, -0.2) is 0 Å². The third-order valence-corrected chi connectivity index (χ3v) is 4.78. The summed E-state index contributed by atoms with van der Waals surface area (Å²) in [5.41, 5.74) is 6.11. The molecule has 0 aromatic rings. The van der Waals surface area contributed by atoms with Gasteiger partial charge in [-0.1, -0.05) is 13.8 Å². The van der Waals surface area contributed by atoms with Crippen molar-refractivity contribution in [3.8, 4) is 0 Å². The second-order valence-electron chi connectivity index (χ2n) is 6.25. The fraction of sp³-hybridized carbons (Fsp3) is 0.929. The molecule has 0 spiro atoms. The van der Waals surface area contributed by atoms with E-state index in [0.717, 1.165) is 25.7 Å². The fourth-order valence-electron chi connectivity index (χ4n) is 3.35. The van der Waals surface area contributed by atoms with Gasteiger partial charge in [0.1, 0.15) is 0 Å². The maximum absolute atomic E-state index is 12.5. The minimum Gasteiger partial charge on any atom is -0.393 e. The van der Waals surface area contributed by atoms with Crippen molar-refractivity contribution in [3.63, 3.8) is 0 Å². The normalized spacial score (nSPS) is 38.8. The van der Waals surface area contributed by atoms with Crippen LogP contribution in [0.3, 0.4) is 0 Å². The van der Waals surface area contributed by atoms with Gasteiger partial charge in [0.05, 0.1) is 6.10 Å². The summed E-state index contributed by atoms with van der Waals surface area (Å²) in [5, 5.41) is 9.49. The molecule has 1 saturated heterocycles. The van der Waals surface area contributed by atoms with Crippen molar-refractivity contribution in [1.29, 1.82) is 0 Å². The smallest absolute Gasteiger partial charge is 0.226 e. The van der Waals surface area contributed by atoms with Crippen LogP contribution in [0, 0.1) is 17.8 Å². The molecule has 1 aliphatic heterocycles. The Labute approximate surface area is 110 Å². The molecule has 0 radical (unpaired) electrons. The molecule has 104 valence electrons. The molecule has 18 heavy (non-hydrogen) atoms. The summed E-state index contributed by atoms with van der Waals surface area (Å²) in [7, 11) is 0. The molecule has 4 nitrogen and oxygen atoms in total. The SMILES string of the molecule is CC1CC(C)C(C(=O)N2CCC(O)CC2)CC1N. The molecule has 1 saturated carbocycles. The number of carbonyl (C=O) groups is 1. The Hall–Kier alpha value is -0.610. The maximum Gasteiger partial charge on any atom is 0.226 e. The van der Waals surface area contributed by atoms with E-state index >= 15 is 0 Å². The van der Waals surface area contributed by atoms with Gasteiger partial charge in [-0.3, -0.25) is 4.79 Å². The predicted molar refractivity (Wildman–Crippen MR) is 70.8 cm³/mol. The topological polar surface area (TPSA) is 66.6 Å². The van der Waals surface area contributed by atoms with E-state index in [9.17, 15) is 9.90 Å². The number of rotatable bonds is 1. The Morgan fingerprint density at radius 3 is 2.39 bits per heavy atom. The van der Waals surface area contributed by atoms with Crippen molar-refractivity contribution < 1.29 is 9.90 Å². The van der Waals surface area contributed by atoms with Gasteiger partial charge in [-0.2, -0.15) is 0 Å². The first-order valence-corrected chi connectivity index (χ1v) is 7.21. The summed E-state index contributed by atoms with van der Waals surface area (Å²) in [4.78, 5) is 14.4. The van der Waals surface area contributed by atoms with Crippen LogP contribution in [0.4, 0.5) is 0 Å². The van der Waals surface area contributed by atoms with Crippen LogP contribution in [0.1, 0.15) is 39.5 Å². The molecule has 1 amide bonds. The van der Waals surface area contributed by atoms with Crippen molar-refractivity contribution in [1.82, 2.24) is 4.90 Å². The number of aliphatic hydroxyl groups excluding tert-OH is 1. The number of amides is 1. The molecular formula is C14H26N2O2. The van der Waals surface area contributed by atoms with Gasteiger partial charge in [0.15, 0.2) is 0 Å². The van der Waals surface area contributed by atoms with E-state index in [2.05, 4.69) is 13.8 Å². The number of hydrogen-bond acceptors (Lipinski definition) is 3. The lowest BCUT2D eigenvalue weighted by molar-refractivity contribution is -0.141. The molecule has 1 aliphatic carbocycles. The Bertz CT molecular complexity index is 300. The van der Waals surface area contributed by atoms with E-state index < -0.39 is 0 Å². The number of carbonyl (C=O) groups excluding carboxylic acids is 1. The zero-order valence-corrected chi connectivity index (χ0v) is 11.5. The highest BCUT2D eigenvalue weighted by molar-refractivity contribution is 5.79. The molecule has 4 heteroatoms. The van der Waals surface area contributed by atoms with E-state index in [1.807, 2.05) is 4.90 Å². The van der Waals surface area contributed by atoms with Crippen LogP contribution in [-0.4, -0.2) is 41.1 Å². The zero-order valence-electron chi connectivity index (χ0n) is 11.5. The summed E-state index contributed by atoms with van der Waals surface area (Å²) in [6, 6.07) is 0.158. The van der Waals surface area contributed by atoms with Crippen molar-refractivity contribution in [3.05, 3.63) is 0 Å². The number of nitrogens with zero attached hydrogens (tertiary/aromatic N) is 1. The van der Waals surface area contributed by atoms with E-state index in [0.29, 0.717) is 24.9 Å². The lowest BCUT2D eigenvalue weighted by Gasteiger charge is -2.40. The fourth-order valence-corrected chi connectivity index (χ4v) is 3.35. The maximum atomic E-state index is 12.5. The lowest BCUT2D eigenvalue weighted by Crippen LogP contribution is -2.49. The highest BCUT2D eigenvalue weighted by Crippen LogP contribution is 2.34. The second-order valence-corrected chi connectivity index (χ2v) is 6.25. The average molecular weight is 254 g/mol. The molecule has 0 aromatic heterocycles. The number of likely N-dealkylation sites (tertiary alicyclic amines) is 1. The monoisotopic (exact) mass is 254 g/mol. The standard InChI is InChI=1S/C14H26N2O2/c1-9-7-10(2)13(15)8-12(9)14(18)16-5-3-11(17)4-6-16/h9-13,17H,3-8,15H2,1-2H3.